The number of nitro groups is 1. The summed E-state index contributed by atoms with van der Waals surface area (Å²) >= 11 is 6.43. The molecule has 0 aliphatic carbocycles. The first-order chi connectivity index (χ1) is 13.9. The molecule has 2 aromatic rings. The third kappa shape index (κ3) is 6.93. The second-order valence-electron chi connectivity index (χ2n) is 5.17. The molecule has 13 heteroatoms. The van der Waals surface area contributed by atoms with Crippen molar-refractivity contribution in [3.63, 3.8) is 0 Å². The van der Waals surface area contributed by atoms with Crippen molar-refractivity contribution in [1.82, 2.24) is 4.98 Å². The third-order valence-corrected chi connectivity index (χ3v) is 4.14. The largest absolute Gasteiger partial charge is 0.458 e. The number of rotatable bonds is 10. The van der Waals surface area contributed by atoms with E-state index >= 15 is 0 Å². The predicted molar refractivity (Wildman–Crippen MR) is 103 cm³/mol. The lowest BCUT2D eigenvalue weighted by atomic mass is 10.2. The number of hydrogen-bond acceptors (Lipinski definition) is 10. The van der Waals surface area contributed by atoms with E-state index in [1.54, 1.807) is 0 Å². The molecule has 0 atom stereocenters. The molecule has 0 fully saturated rings. The van der Waals surface area contributed by atoms with Crippen molar-refractivity contribution in [2.24, 2.45) is 5.16 Å². The maximum atomic E-state index is 11.7. The fourth-order valence-corrected chi connectivity index (χ4v) is 2.59. The Kier molecular flexibility index (Phi) is 8.18. The van der Waals surface area contributed by atoms with Crippen molar-refractivity contribution < 1.29 is 28.9 Å². The van der Waals surface area contributed by atoms with Gasteiger partial charge in [0.05, 0.1) is 4.92 Å². The fraction of sp³-hybridized carbons (Fsp3) is 0.188. The molecule has 0 saturated heterocycles. The van der Waals surface area contributed by atoms with E-state index in [9.17, 15) is 24.5 Å². The summed E-state index contributed by atoms with van der Waals surface area (Å²) in [4.78, 5) is 52.8. The highest BCUT2D eigenvalue weighted by Gasteiger charge is 2.12. The number of nitrogens with one attached hydrogen (secondary N) is 1. The van der Waals surface area contributed by atoms with E-state index in [0.29, 0.717) is 11.8 Å². The van der Waals surface area contributed by atoms with E-state index in [1.807, 2.05) is 0 Å². The van der Waals surface area contributed by atoms with Crippen molar-refractivity contribution in [2.45, 2.75) is 6.61 Å². The molecule has 1 N–H and O–H groups in total. The lowest BCUT2D eigenvalue weighted by molar-refractivity contribution is -0.384. The summed E-state index contributed by atoms with van der Waals surface area (Å²) in [6.07, 6.45) is 0.379. The number of benzene rings is 1. The van der Waals surface area contributed by atoms with Gasteiger partial charge >= 0.3 is 5.97 Å². The topological polar surface area (TPSA) is 150 Å². The molecule has 0 unspecified atom stereocenters. The molecule has 0 aliphatic rings. The van der Waals surface area contributed by atoms with Gasteiger partial charge in [-0.3, -0.25) is 19.7 Å². The zero-order valence-electron chi connectivity index (χ0n) is 14.6. The number of nitro benzene ring substituents is 1. The normalized spacial score (nSPS) is 10.9. The van der Waals surface area contributed by atoms with Crippen LogP contribution in [0.5, 0.6) is 0 Å². The Labute approximate surface area is 172 Å². The van der Waals surface area contributed by atoms with Gasteiger partial charge in [0.1, 0.15) is 18.2 Å². The molecule has 1 heterocycles. The number of amides is 1. The summed E-state index contributed by atoms with van der Waals surface area (Å²) in [6.45, 7) is -0.676. The monoisotopic (exact) mass is 440 g/mol. The number of carbonyl (C=O) groups excluding carboxylic acids is 3. The number of carbonyl (C=O) groups is 3. The summed E-state index contributed by atoms with van der Waals surface area (Å²) in [5.74, 6) is -1.45. The summed E-state index contributed by atoms with van der Waals surface area (Å²) < 4.78 is 4.94. The van der Waals surface area contributed by atoms with E-state index in [4.69, 9.17) is 21.2 Å². The highest BCUT2D eigenvalue weighted by molar-refractivity contribution is 7.14. The van der Waals surface area contributed by atoms with Crippen LogP contribution in [-0.2, 0) is 30.6 Å². The van der Waals surface area contributed by atoms with Crippen LogP contribution < -0.4 is 5.32 Å². The number of oxime groups is 1. The molecule has 2 rings (SSSR count). The van der Waals surface area contributed by atoms with Gasteiger partial charge in [0.2, 0.25) is 12.5 Å². The molecule has 0 radical (unpaired) electrons. The standard InChI is InChI=1S/C16H13ClN4O7S/c17-5-14(23)19-16-18-13(9-29-16)12(6-22)20-28-8-15(24)27-7-10-1-3-11(4-2-10)21(25)26/h1-4,6,9H,5,7-8H2,(H,18,19,23). The zero-order chi connectivity index (χ0) is 21.2. The first-order valence-electron chi connectivity index (χ1n) is 7.78. The summed E-state index contributed by atoms with van der Waals surface area (Å²) in [6, 6.07) is 5.49. The molecule has 152 valence electrons. The average molecular weight is 441 g/mol. The highest BCUT2D eigenvalue weighted by Crippen LogP contribution is 2.16. The van der Waals surface area contributed by atoms with Gasteiger partial charge in [-0.2, -0.15) is 0 Å². The minimum absolute atomic E-state index is 0.0773. The van der Waals surface area contributed by atoms with Gasteiger partial charge in [0.25, 0.3) is 5.69 Å². The zero-order valence-corrected chi connectivity index (χ0v) is 16.1. The minimum Gasteiger partial charge on any atom is -0.458 e. The molecular weight excluding hydrogens is 428 g/mol. The molecule has 1 aromatic carbocycles. The molecule has 1 amide bonds. The van der Waals surface area contributed by atoms with Gasteiger partial charge in [0, 0.05) is 17.5 Å². The molecule has 0 spiro atoms. The Morgan fingerprint density at radius 3 is 2.69 bits per heavy atom. The number of halogens is 1. The molecular formula is C16H13ClN4O7S. The highest BCUT2D eigenvalue weighted by atomic mass is 35.5. The van der Waals surface area contributed by atoms with Crippen molar-refractivity contribution >= 4 is 57.6 Å². The lowest BCUT2D eigenvalue weighted by Crippen LogP contribution is -2.13. The summed E-state index contributed by atoms with van der Waals surface area (Å²) in [5, 5.41) is 18.2. The Morgan fingerprint density at radius 2 is 2.07 bits per heavy atom. The minimum atomic E-state index is -0.759. The van der Waals surface area contributed by atoms with E-state index in [1.165, 1.54) is 29.6 Å². The molecule has 0 bridgehead atoms. The van der Waals surface area contributed by atoms with Crippen LogP contribution in [0.15, 0.2) is 34.8 Å². The van der Waals surface area contributed by atoms with Crippen LogP contribution in [0.2, 0.25) is 0 Å². The van der Waals surface area contributed by atoms with Gasteiger partial charge in [0.15, 0.2) is 17.1 Å². The van der Waals surface area contributed by atoms with Crippen LogP contribution >= 0.6 is 22.9 Å². The van der Waals surface area contributed by atoms with Gasteiger partial charge in [-0.05, 0) is 17.7 Å². The van der Waals surface area contributed by atoms with Crippen LogP contribution in [0.25, 0.3) is 0 Å². The number of aldehydes is 1. The number of nitrogens with zero attached hydrogens (tertiary/aromatic N) is 3. The van der Waals surface area contributed by atoms with Crippen LogP contribution in [0.4, 0.5) is 10.8 Å². The Bertz CT molecular complexity index is 930. The van der Waals surface area contributed by atoms with Gasteiger partial charge < -0.3 is 14.9 Å². The average Bonchev–Trinajstić information content (AvgIpc) is 3.17. The Balaban J connectivity index is 1.83. The number of thiazole rings is 1. The predicted octanol–water partition coefficient (Wildman–Crippen LogP) is 1.89. The molecule has 1 aromatic heterocycles. The van der Waals surface area contributed by atoms with Crippen LogP contribution in [0, 0.1) is 10.1 Å². The number of anilines is 1. The van der Waals surface area contributed by atoms with E-state index < -0.39 is 23.4 Å². The van der Waals surface area contributed by atoms with E-state index in [-0.39, 0.29) is 34.7 Å². The number of esters is 1. The second-order valence-corrected chi connectivity index (χ2v) is 6.30. The fourth-order valence-electron chi connectivity index (χ4n) is 1.80. The van der Waals surface area contributed by atoms with Crippen molar-refractivity contribution in [1.29, 1.82) is 0 Å². The number of hydrogen-bond donors (Lipinski definition) is 1. The first kappa shape index (κ1) is 21.9. The number of alkyl halides is 1. The number of aromatic nitrogens is 1. The third-order valence-electron chi connectivity index (χ3n) is 3.14. The van der Waals surface area contributed by atoms with Gasteiger partial charge in [-0.1, -0.05) is 5.16 Å². The lowest BCUT2D eigenvalue weighted by Gasteiger charge is -2.04. The molecule has 29 heavy (non-hydrogen) atoms. The van der Waals surface area contributed by atoms with Crippen LogP contribution in [-0.4, -0.2) is 46.3 Å². The SMILES string of the molecule is O=CC(=NOCC(=O)OCc1ccc([N+](=O)[O-])cc1)c1csc(NC(=O)CCl)n1. The van der Waals surface area contributed by atoms with Crippen molar-refractivity contribution in [2.75, 3.05) is 17.8 Å². The first-order valence-corrected chi connectivity index (χ1v) is 9.20. The maximum Gasteiger partial charge on any atom is 0.347 e. The number of non-ortho nitro benzene ring substituents is 1. The number of ether oxygens (including phenoxy) is 1. The Morgan fingerprint density at radius 1 is 1.34 bits per heavy atom. The molecule has 0 saturated carbocycles. The maximum absolute atomic E-state index is 11.7. The van der Waals surface area contributed by atoms with E-state index in [2.05, 4.69) is 15.5 Å². The quantitative estimate of drug-likeness (QED) is 0.147. The van der Waals surface area contributed by atoms with Crippen molar-refractivity contribution in [3.05, 3.63) is 51.0 Å². The van der Waals surface area contributed by atoms with Crippen molar-refractivity contribution in [3.8, 4) is 0 Å². The van der Waals surface area contributed by atoms with E-state index in [0.717, 1.165) is 11.3 Å². The second kappa shape index (κ2) is 10.8. The summed E-state index contributed by atoms with van der Waals surface area (Å²) in [5.41, 5.74) is 0.437. The van der Waals surface area contributed by atoms with Gasteiger partial charge in [-0.25, -0.2) is 9.78 Å². The molecule has 11 nitrogen and oxygen atoms in total. The summed E-state index contributed by atoms with van der Waals surface area (Å²) in [7, 11) is 0. The molecule has 0 aliphatic heterocycles. The smallest absolute Gasteiger partial charge is 0.347 e. The Hall–Kier alpha value is -3.38. The van der Waals surface area contributed by atoms with Crippen LogP contribution in [0.1, 0.15) is 11.3 Å². The van der Waals surface area contributed by atoms with Crippen LogP contribution in [0.3, 0.4) is 0 Å². The van der Waals surface area contributed by atoms with Gasteiger partial charge in [-0.15, -0.1) is 22.9 Å².